The first-order valence-electron chi connectivity index (χ1n) is 5.90. The molecule has 0 unspecified atom stereocenters. The number of halogens is 1. The first-order chi connectivity index (χ1) is 7.83. The van der Waals surface area contributed by atoms with Crippen molar-refractivity contribution in [1.29, 1.82) is 0 Å². The SMILES string of the molecule is CCCCCCSCNc1ccc(F)cc1. The second-order valence-corrected chi connectivity index (χ2v) is 4.90. The van der Waals surface area contributed by atoms with Crippen LogP contribution in [0.5, 0.6) is 0 Å². The molecule has 0 aliphatic heterocycles. The predicted octanol–water partition coefficient (Wildman–Crippen LogP) is 4.51. The van der Waals surface area contributed by atoms with Crippen LogP contribution >= 0.6 is 11.8 Å². The minimum Gasteiger partial charge on any atom is -0.376 e. The molecule has 0 fully saturated rings. The van der Waals surface area contributed by atoms with E-state index in [0.717, 1.165) is 11.6 Å². The fourth-order valence-electron chi connectivity index (χ4n) is 1.41. The molecular formula is C13H20FNS. The van der Waals surface area contributed by atoms with E-state index in [1.54, 1.807) is 12.1 Å². The van der Waals surface area contributed by atoms with Crippen molar-refractivity contribution >= 4 is 17.4 Å². The van der Waals surface area contributed by atoms with Gasteiger partial charge in [0.15, 0.2) is 0 Å². The number of hydrogen-bond donors (Lipinski definition) is 1. The average molecular weight is 241 g/mol. The molecule has 0 amide bonds. The molecule has 0 bridgehead atoms. The topological polar surface area (TPSA) is 12.0 Å². The van der Waals surface area contributed by atoms with Crippen LogP contribution in [0.15, 0.2) is 24.3 Å². The van der Waals surface area contributed by atoms with Gasteiger partial charge in [0.2, 0.25) is 0 Å². The van der Waals surface area contributed by atoms with E-state index >= 15 is 0 Å². The van der Waals surface area contributed by atoms with Crippen molar-refractivity contribution in [2.45, 2.75) is 32.6 Å². The zero-order valence-electron chi connectivity index (χ0n) is 9.84. The van der Waals surface area contributed by atoms with Gasteiger partial charge in [-0.15, -0.1) is 11.8 Å². The maximum atomic E-state index is 12.6. The van der Waals surface area contributed by atoms with Crippen molar-refractivity contribution in [1.82, 2.24) is 0 Å². The largest absolute Gasteiger partial charge is 0.376 e. The molecule has 1 rings (SSSR count). The van der Waals surface area contributed by atoms with Crippen LogP contribution in [-0.2, 0) is 0 Å². The van der Waals surface area contributed by atoms with Gasteiger partial charge < -0.3 is 5.32 Å². The van der Waals surface area contributed by atoms with Crippen LogP contribution < -0.4 is 5.32 Å². The van der Waals surface area contributed by atoms with Gasteiger partial charge in [-0.2, -0.15) is 0 Å². The summed E-state index contributed by atoms with van der Waals surface area (Å²) < 4.78 is 12.6. The number of rotatable bonds is 8. The molecular weight excluding hydrogens is 221 g/mol. The van der Waals surface area contributed by atoms with E-state index in [-0.39, 0.29) is 5.82 Å². The number of unbranched alkanes of at least 4 members (excludes halogenated alkanes) is 3. The average Bonchev–Trinajstić information content (AvgIpc) is 2.30. The normalized spacial score (nSPS) is 10.4. The molecule has 0 radical (unpaired) electrons. The van der Waals surface area contributed by atoms with Gasteiger partial charge in [-0.05, 0) is 36.4 Å². The summed E-state index contributed by atoms with van der Waals surface area (Å²) in [4.78, 5) is 0. The summed E-state index contributed by atoms with van der Waals surface area (Å²) >= 11 is 1.90. The van der Waals surface area contributed by atoms with Gasteiger partial charge in [-0.3, -0.25) is 0 Å². The molecule has 3 heteroatoms. The van der Waals surface area contributed by atoms with Gasteiger partial charge in [-0.1, -0.05) is 26.2 Å². The molecule has 1 N–H and O–H groups in total. The lowest BCUT2D eigenvalue weighted by molar-refractivity contribution is 0.628. The van der Waals surface area contributed by atoms with Crippen molar-refractivity contribution in [2.24, 2.45) is 0 Å². The van der Waals surface area contributed by atoms with Crippen LogP contribution in [0.25, 0.3) is 0 Å². The van der Waals surface area contributed by atoms with Crippen molar-refractivity contribution in [3.8, 4) is 0 Å². The third-order valence-corrected chi connectivity index (χ3v) is 3.29. The summed E-state index contributed by atoms with van der Waals surface area (Å²) in [6, 6.07) is 6.50. The number of anilines is 1. The summed E-state index contributed by atoms with van der Waals surface area (Å²) in [5, 5.41) is 3.26. The number of thioether (sulfide) groups is 1. The van der Waals surface area contributed by atoms with Crippen molar-refractivity contribution in [3.63, 3.8) is 0 Å². The van der Waals surface area contributed by atoms with Crippen LogP contribution in [0, 0.1) is 5.82 Å². The molecule has 0 aliphatic rings. The minimum atomic E-state index is -0.183. The molecule has 0 saturated carbocycles. The third-order valence-electron chi connectivity index (χ3n) is 2.36. The van der Waals surface area contributed by atoms with E-state index in [4.69, 9.17) is 0 Å². The Kier molecular flexibility index (Phi) is 7.06. The molecule has 1 aromatic carbocycles. The van der Waals surface area contributed by atoms with Crippen LogP contribution in [0.3, 0.4) is 0 Å². The van der Waals surface area contributed by atoms with E-state index in [1.165, 1.54) is 43.6 Å². The quantitative estimate of drug-likeness (QED) is 0.531. The highest BCUT2D eigenvalue weighted by molar-refractivity contribution is 7.99. The number of hydrogen-bond acceptors (Lipinski definition) is 2. The third kappa shape index (κ3) is 6.01. The fourth-order valence-corrected chi connectivity index (χ4v) is 2.23. The summed E-state index contributed by atoms with van der Waals surface area (Å²) in [6.07, 6.45) is 5.26. The Balaban J connectivity index is 2.01. The van der Waals surface area contributed by atoms with E-state index in [1.807, 2.05) is 11.8 Å². The van der Waals surface area contributed by atoms with Gasteiger partial charge >= 0.3 is 0 Å². The molecule has 16 heavy (non-hydrogen) atoms. The lowest BCUT2D eigenvalue weighted by Crippen LogP contribution is -1.98. The molecule has 0 aliphatic carbocycles. The van der Waals surface area contributed by atoms with Gasteiger partial charge in [-0.25, -0.2) is 4.39 Å². The zero-order valence-corrected chi connectivity index (χ0v) is 10.7. The molecule has 0 heterocycles. The summed E-state index contributed by atoms with van der Waals surface area (Å²) in [6.45, 7) is 2.23. The van der Waals surface area contributed by atoms with Crippen molar-refractivity contribution in [2.75, 3.05) is 16.9 Å². The highest BCUT2D eigenvalue weighted by Crippen LogP contribution is 2.11. The highest BCUT2D eigenvalue weighted by Gasteiger charge is 1.93. The van der Waals surface area contributed by atoms with Crippen molar-refractivity contribution in [3.05, 3.63) is 30.1 Å². The highest BCUT2D eigenvalue weighted by atomic mass is 32.2. The van der Waals surface area contributed by atoms with E-state index in [2.05, 4.69) is 12.2 Å². The number of nitrogens with one attached hydrogen (secondary N) is 1. The second-order valence-electron chi connectivity index (χ2n) is 3.80. The summed E-state index contributed by atoms with van der Waals surface area (Å²) in [5.41, 5.74) is 0.988. The molecule has 1 nitrogen and oxygen atoms in total. The fraction of sp³-hybridized carbons (Fsp3) is 0.538. The van der Waals surface area contributed by atoms with Gasteiger partial charge in [0, 0.05) is 5.69 Å². The summed E-state index contributed by atoms with van der Waals surface area (Å²) in [7, 11) is 0. The Bertz CT molecular complexity index is 274. The Morgan fingerprint density at radius 3 is 2.56 bits per heavy atom. The molecule has 90 valence electrons. The van der Waals surface area contributed by atoms with E-state index in [9.17, 15) is 4.39 Å². The molecule has 0 spiro atoms. The van der Waals surface area contributed by atoms with Crippen LogP contribution in [0.2, 0.25) is 0 Å². The summed E-state index contributed by atoms with van der Waals surface area (Å²) in [5.74, 6) is 1.92. The van der Waals surface area contributed by atoms with Crippen LogP contribution in [0.4, 0.5) is 10.1 Å². The predicted molar refractivity (Wildman–Crippen MR) is 71.5 cm³/mol. The zero-order chi connectivity index (χ0) is 11.6. The Labute approximate surface area is 102 Å². The molecule has 0 aromatic heterocycles. The lowest BCUT2D eigenvalue weighted by Gasteiger charge is -2.05. The maximum absolute atomic E-state index is 12.6. The monoisotopic (exact) mass is 241 g/mol. The molecule has 0 atom stereocenters. The Morgan fingerprint density at radius 2 is 1.88 bits per heavy atom. The molecule has 1 aromatic rings. The first kappa shape index (κ1) is 13.4. The standard InChI is InChI=1S/C13H20FNS/c1-2-3-4-5-10-16-11-15-13-8-6-12(14)7-9-13/h6-9,15H,2-5,10-11H2,1H3. The minimum absolute atomic E-state index is 0.183. The van der Waals surface area contributed by atoms with E-state index in [0.29, 0.717) is 0 Å². The first-order valence-corrected chi connectivity index (χ1v) is 7.05. The van der Waals surface area contributed by atoms with E-state index < -0.39 is 0 Å². The van der Waals surface area contributed by atoms with Crippen molar-refractivity contribution < 1.29 is 4.39 Å². The van der Waals surface area contributed by atoms with Gasteiger partial charge in [0.1, 0.15) is 5.82 Å². The lowest BCUT2D eigenvalue weighted by atomic mass is 10.2. The number of benzene rings is 1. The van der Waals surface area contributed by atoms with Gasteiger partial charge in [0.05, 0.1) is 5.88 Å². The van der Waals surface area contributed by atoms with Crippen LogP contribution in [-0.4, -0.2) is 11.6 Å². The maximum Gasteiger partial charge on any atom is 0.123 e. The smallest absolute Gasteiger partial charge is 0.123 e. The molecule has 0 saturated heterocycles. The van der Waals surface area contributed by atoms with Gasteiger partial charge in [0.25, 0.3) is 0 Å². The Hall–Kier alpha value is -0.700. The Morgan fingerprint density at radius 1 is 1.12 bits per heavy atom. The second kappa shape index (κ2) is 8.45. The van der Waals surface area contributed by atoms with Crippen LogP contribution in [0.1, 0.15) is 32.6 Å².